The van der Waals surface area contributed by atoms with Crippen molar-refractivity contribution in [3.8, 4) is 0 Å². The lowest BCUT2D eigenvalue weighted by molar-refractivity contribution is 0.392. The molecule has 1 aliphatic carbocycles. The summed E-state index contributed by atoms with van der Waals surface area (Å²) in [6.07, 6.45) is 7.02. The van der Waals surface area contributed by atoms with Crippen molar-refractivity contribution in [2.45, 2.75) is 65.0 Å². The lowest BCUT2D eigenvalue weighted by atomic mass is 10.1. The normalized spacial score (nSPS) is 21.5. The predicted molar refractivity (Wildman–Crippen MR) is 88.0 cm³/mol. The molecule has 3 rings (SSSR count). The number of rotatable bonds is 6. The molecule has 0 bridgehead atoms. The standard InChI is InChI=1S/C16H28N6/c1-3-14-20-15-8-7-13(11-22(15)21-14)19-16(17-4-2)18-10-9-12-5-6-12/h12-13H,3-11H2,1-2H3,(H2,17,18,19). The Kier molecular flexibility index (Phi) is 4.95. The summed E-state index contributed by atoms with van der Waals surface area (Å²) in [6, 6.07) is 0.387. The van der Waals surface area contributed by atoms with Gasteiger partial charge in [-0.25, -0.2) is 9.67 Å². The Morgan fingerprint density at radius 2 is 2.18 bits per heavy atom. The number of aromatic nitrogens is 3. The van der Waals surface area contributed by atoms with Crippen molar-refractivity contribution >= 4 is 5.96 Å². The Hall–Kier alpha value is -1.59. The highest BCUT2D eigenvalue weighted by Crippen LogP contribution is 2.32. The van der Waals surface area contributed by atoms with E-state index in [2.05, 4.69) is 39.2 Å². The molecule has 0 aromatic carbocycles. The van der Waals surface area contributed by atoms with Crippen molar-refractivity contribution < 1.29 is 0 Å². The first-order valence-corrected chi connectivity index (χ1v) is 8.76. The average Bonchev–Trinajstić information content (AvgIpc) is 3.24. The second-order valence-corrected chi connectivity index (χ2v) is 6.35. The van der Waals surface area contributed by atoms with Gasteiger partial charge in [-0.2, -0.15) is 5.10 Å². The van der Waals surface area contributed by atoms with E-state index >= 15 is 0 Å². The smallest absolute Gasteiger partial charge is 0.191 e. The number of guanidine groups is 1. The zero-order valence-corrected chi connectivity index (χ0v) is 13.8. The molecule has 6 nitrogen and oxygen atoms in total. The van der Waals surface area contributed by atoms with Crippen molar-refractivity contribution in [1.82, 2.24) is 25.4 Å². The summed E-state index contributed by atoms with van der Waals surface area (Å²) >= 11 is 0. The van der Waals surface area contributed by atoms with E-state index in [0.29, 0.717) is 6.04 Å². The fourth-order valence-corrected chi connectivity index (χ4v) is 2.91. The third kappa shape index (κ3) is 3.99. The van der Waals surface area contributed by atoms with Crippen molar-refractivity contribution in [2.75, 3.05) is 13.1 Å². The summed E-state index contributed by atoms with van der Waals surface area (Å²) in [5.41, 5.74) is 0. The van der Waals surface area contributed by atoms with Crippen molar-refractivity contribution in [3.63, 3.8) is 0 Å². The molecule has 0 saturated heterocycles. The second-order valence-electron chi connectivity index (χ2n) is 6.35. The lowest BCUT2D eigenvalue weighted by Crippen LogP contribution is -2.47. The fraction of sp³-hybridized carbons (Fsp3) is 0.812. The van der Waals surface area contributed by atoms with Gasteiger partial charge in [0, 0.05) is 32.0 Å². The van der Waals surface area contributed by atoms with Crippen LogP contribution in [-0.2, 0) is 19.4 Å². The van der Waals surface area contributed by atoms with Gasteiger partial charge in [0.1, 0.15) is 5.82 Å². The monoisotopic (exact) mass is 304 g/mol. The fourth-order valence-electron chi connectivity index (χ4n) is 2.91. The van der Waals surface area contributed by atoms with Gasteiger partial charge in [-0.1, -0.05) is 19.8 Å². The highest BCUT2D eigenvalue weighted by molar-refractivity contribution is 5.80. The number of aliphatic imine (C=N–C) groups is 1. The molecule has 6 heteroatoms. The SMILES string of the molecule is CCNC(=NCCC1CC1)NC1CCc2nc(CC)nn2C1. The second kappa shape index (κ2) is 7.11. The van der Waals surface area contributed by atoms with Crippen LogP contribution < -0.4 is 10.6 Å². The molecular formula is C16H28N6. The summed E-state index contributed by atoms with van der Waals surface area (Å²) < 4.78 is 2.06. The van der Waals surface area contributed by atoms with Crippen LogP contribution in [0, 0.1) is 5.92 Å². The molecule has 1 unspecified atom stereocenters. The number of hydrogen-bond acceptors (Lipinski definition) is 3. The van der Waals surface area contributed by atoms with Gasteiger partial charge >= 0.3 is 0 Å². The van der Waals surface area contributed by atoms with Crippen LogP contribution in [-0.4, -0.2) is 39.9 Å². The van der Waals surface area contributed by atoms with E-state index in [-0.39, 0.29) is 0 Å². The predicted octanol–water partition coefficient (Wildman–Crippen LogP) is 1.51. The molecule has 1 aromatic rings. The van der Waals surface area contributed by atoms with Crippen LogP contribution in [0.2, 0.25) is 0 Å². The van der Waals surface area contributed by atoms with E-state index in [1.807, 2.05) is 0 Å². The first kappa shape index (κ1) is 15.3. The number of nitrogens with one attached hydrogen (secondary N) is 2. The summed E-state index contributed by atoms with van der Waals surface area (Å²) in [5.74, 6) is 3.98. The Balaban J connectivity index is 1.55. The molecule has 1 saturated carbocycles. The molecule has 2 N–H and O–H groups in total. The minimum atomic E-state index is 0.387. The Morgan fingerprint density at radius 1 is 1.32 bits per heavy atom. The van der Waals surface area contributed by atoms with Crippen LogP contribution in [0.4, 0.5) is 0 Å². The molecule has 122 valence electrons. The molecule has 22 heavy (non-hydrogen) atoms. The topological polar surface area (TPSA) is 67.1 Å². The summed E-state index contributed by atoms with van der Waals surface area (Å²) in [6.45, 7) is 6.93. The molecule has 0 spiro atoms. The van der Waals surface area contributed by atoms with E-state index in [9.17, 15) is 0 Å². The third-order valence-electron chi connectivity index (χ3n) is 4.41. The highest BCUT2D eigenvalue weighted by atomic mass is 15.4. The van der Waals surface area contributed by atoms with E-state index in [4.69, 9.17) is 4.99 Å². The van der Waals surface area contributed by atoms with Gasteiger partial charge in [-0.15, -0.1) is 0 Å². The minimum Gasteiger partial charge on any atom is -0.357 e. The zero-order chi connectivity index (χ0) is 15.4. The largest absolute Gasteiger partial charge is 0.357 e. The van der Waals surface area contributed by atoms with Gasteiger partial charge in [0.05, 0.1) is 6.54 Å². The molecule has 1 aromatic heterocycles. The van der Waals surface area contributed by atoms with Crippen LogP contribution in [0.5, 0.6) is 0 Å². The van der Waals surface area contributed by atoms with Gasteiger partial charge in [0.2, 0.25) is 0 Å². The molecule has 0 radical (unpaired) electrons. The quantitative estimate of drug-likeness (QED) is 0.617. The Bertz CT molecular complexity index is 517. The number of aryl methyl sites for hydroxylation is 2. The first-order valence-electron chi connectivity index (χ1n) is 8.76. The van der Waals surface area contributed by atoms with Crippen molar-refractivity contribution in [2.24, 2.45) is 10.9 Å². The number of nitrogens with zero attached hydrogens (tertiary/aromatic N) is 4. The average molecular weight is 304 g/mol. The van der Waals surface area contributed by atoms with Crippen LogP contribution in [0.1, 0.15) is 51.2 Å². The van der Waals surface area contributed by atoms with Gasteiger partial charge in [-0.3, -0.25) is 4.99 Å². The van der Waals surface area contributed by atoms with Gasteiger partial charge in [0.25, 0.3) is 0 Å². The maximum absolute atomic E-state index is 4.71. The third-order valence-corrected chi connectivity index (χ3v) is 4.41. The van der Waals surface area contributed by atoms with Crippen LogP contribution in [0.15, 0.2) is 4.99 Å². The minimum absolute atomic E-state index is 0.387. The molecule has 1 fully saturated rings. The molecular weight excluding hydrogens is 276 g/mol. The molecule has 1 aliphatic heterocycles. The molecule has 0 amide bonds. The lowest BCUT2D eigenvalue weighted by Gasteiger charge is -2.25. The van der Waals surface area contributed by atoms with Crippen molar-refractivity contribution in [3.05, 3.63) is 11.6 Å². The molecule has 1 atom stereocenters. The first-order chi connectivity index (χ1) is 10.8. The maximum atomic E-state index is 4.71. The van der Waals surface area contributed by atoms with Gasteiger partial charge in [0.15, 0.2) is 11.8 Å². The molecule has 2 heterocycles. The number of hydrogen-bond donors (Lipinski definition) is 2. The summed E-state index contributed by atoms with van der Waals surface area (Å²) in [7, 11) is 0. The van der Waals surface area contributed by atoms with Gasteiger partial charge in [-0.05, 0) is 25.7 Å². The van der Waals surface area contributed by atoms with E-state index in [1.54, 1.807) is 0 Å². The maximum Gasteiger partial charge on any atom is 0.191 e. The summed E-state index contributed by atoms with van der Waals surface area (Å²) in [5, 5.41) is 11.5. The Labute approximate surface area is 132 Å². The zero-order valence-electron chi connectivity index (χ0n) is 13.8. The van der Waals surface area contributed by atoms with Crippen LogP contribution in [0.3, 0.4) is 0 Å². The van der Waals surface area contributed by atoms with E-state index in [0.717, 1.165) is 62.4 Å². The molecule has 2 aliphatic rings. The van der Waals surface area contributed by atoms with Crippen molar-refractivity contribution in [1.29, 1.82) is 0 Å². The number of fused-ring (bicyclic) bond motifs is 1. The Morgan fingerprint density at radius 3 is 2.91 bits per heavy atom. The highest BCUT2D eigenvalue weighted by Gasteiger charge is 2.23. The van der Waals surface area contributed by atoms with E-state index < -0.39 is 0 Å². The van der Waals surface area contributed by atoms with Gasteiger partial charge < -0.3 is 10.6 Å². The van der Waals surface area contributed by atoms with Crippen LogP contribution in [0.25, 0.3) is 0 Å². The van der Waals surface area contributed by atoms with E-state index in [1.165, 1.54) is 19.3 Å². The summed E-state index contributed by atoms with van der Waals surface area (Å²) in [4.78, 5) is 9.29. The van der Waals surface area contributed by atoms with Crippen LogP contribution >= 0.6 is 0 Å².